The van der Waals surface area contributed by atoms with Gasteiger partial charge in [-0.1, -0.05) is 11.3 Å². The van der Waals surface area contributed by atoms with Gasteiger partial charge in [0.1, 0.15) is 12.4 Å². The summed E-state index contributed by atoms with van der Waals surface area (Å²) in [4.78, 5) is 14.9. The highest BCUT2D eigenvalue weighted by Crippen LogP contribution is 2.03. The van der Waals surface area contributed by atoms with Gasteiger partial charge in [0.15, 0.2) is 0 Å². The van der Waals surface area contributed by atoms with Crippen molar-refractivity contribution in [3.05, 3.63) is 36.5 Å². The Labute approximate surface area is 90.1 Å². The molecule has 1 amide bonds. The third kappa shape index (κ3) is 2.59. The summed E-state index contributed by atoms with van der Waals surface area (Å²) in [5.74, 6) is -0.813. The smallest absolute Gasteiger partial charge is 0.247 e. The highest BCUT2D eigenvalue weighted by molar-refractivity contribution is 5.89. The number of pyridine rings is 1. The molecule has 0 spiro atoms. The maximum atomic E-state index is 12.7. The molecule has 0 aliphatic rings. The molecule has 0 radical (unpaired) electrons. The number of hydrogen-bond acceptors (Lipinski definition) is 4. The molecule has 0 saturated heterocycles. The molecule has 2 rings (SSSR count). The van der Waals surface area contributed by atoms with Crippen LogP contribution >= 0.6 is 0 Å². The molecule has 0 atom stereocenters. The van der Waals surface area contributed by atoms with Gasteiger partial charge < -0.3 is 5.32 Å². The zero-order chi connectivity index (χ0) is 11.4. The first kappa shape index (κ1) is 10.2. The zero-order valence-corrected chi connectivity index (χ0v) is 8.17. The van der Waals surface area contributed by atoms with E-state index in [1.807, 2.05) is 0 Å². The summed E-state index contributed by atoms with van der Waals surface area (Å²) in [5.41, 5.74) is 0. The predicted octanol–water partition coefficient (Wildman–Crippen LogP) is 0.451. The van der Waals surface area contributed by atoms with Gasteiger partial charge in [-0.15, -0.1) is 5.10 Å². The van der Waals surface area contributed by atoms with Crippen LogP contribution in [0.25, 0.3) is 0 Å². The molecule has 0 saturated carbocycles. The fourth-order valence-electron chi connectivity index (χ4n) is 1.12. The van der Waals surface area contributed by atoms with E-state index in [4.69, 9.17) is 0 Å². The lowest BCUT2D eigenvalue weighted by Gasteiger charge is -2.03. The molecule has 0 fully saturated rings. The van der Waals surface area contributed by atoms with Crippen molar-refractivity contribution in [2.75, 3.05) is 5.32 Å². The number of nitrogens with one attached hydrogen (secondary N) is 1. The van der Waals surface area contributed by atoms with Gasteiger partial charge in [0, 0.05) is 6.20 Å². The van der Waals surface area contributed by atoms with Gasteiger partial charge in [-0.05, 0) is 12.1 Å². The number of amides is 1. The molecule has 6 nitrogen and oxygen atoms in total. The molecule has 0 aromatic carbocycles. The van der Waals surface area contributed by atoms with Gasteiger partial charge in [-0.3, -0.25) is 4.79 Å². The third-order valence-electron chi connectivity index (χ3n) is 1.76. The monoisotopic (exact) mass is 221 g/mol. The molecule has 0 aliphatic carbocycles. The van der Waals surface area contributed by atoms with Crippen LogP contribution in [0.5, 0.6) is 0 Å². The van der Waals surface area contributed by atoms with E-state index in [2.05, 4.69) is 20.6 Å². The Morgan fingerprint density at radius 1 is 1.50 bits per heavy atom. The number of carbonyl (C=O) groups excluding carboxylic acids is 1. The molecule has 1 N–H and O–H groups in total. The Balaban J connectivity index is 1.97. The van der Waals surface area contributed by atoms with E-state index in [-0.39, 0.29) is 18.3 Å². The summed E-state index contributed by atoms with van der Waals surface area (Å²) in [5, 5.41) is 9.62. The van der Waals surface area contributed by atoms with Gasteiger partial charge in [0.05, 0.1) is 6.20 Å². The molecule has 2 heterocycles. The lowest BCUT2D eigenvalue weighted by Crippen LogP contribution is -2.19. The van der Waals surface area contributed by atoms with E-state index in [1.54, 1.807) is 6.20 Å². The SMILES string of the molecule is O=C(Cn1ccnn1)Nc1cccc(F)n1. The summed E-state index contributed by atoms with van der Waals surface area (Å²) >= 11 is 0. The van der Waals surface area contributed by atoms with Crippen molar-refractivity contribution in [2.24, 2.45) is 0 Å². The summed E-state index contributed by atoms with van der Waals surface area (Å²) in [6.07, 6.45) is 3.02. The van der Waals surface area contributed by atoms with Crippen LogP contribution in [0.1, 0.15) is 0 Å². The largest absolute Gasteiger partial charge is 0.309 e. The van der Waals surface area contributed by atoms with Gasteiger partial charge >= 0.3 is 0 Å². The summed E-state index contributed by atoms with van der Waals surface area (Å²) in [6, 6.07) is 4.17. The predicted molar refractivity (Wildman–Crippen MR) is 52.8 cm³/mol. The second-order valence-electron chi connectivity index (χ2n) is 2.99. The second kappa shape index (κ2) is 4.47. The molecule has 2 aromatic heterocycles. The van der Waals surface area contributed by atoms with Crippen LogP contribution in [0, 0.1) is 5.95 Å². The number of rotatable bonds is 3. The van der Waals surface area contributed by atoms with E-state index < -0.39 is 5.95 Å². The van der Waals surface area contributed by atoms with E-state index in [0.717, 1.165) is 0 Å². The van der Waals surface area contributed by atoms with Gasteiger partial charge in [0.2, 0.25) is 11.9 Å². The summed E-state index contributed by atoms with van der Waals surface area (Å²) in [6.45, 7) is 0.0121. The molecule has 0 bridgehead atoms. The topological polar surface area (TPSA) is 72.7 Å². The van der Waals surface area contributed by atoms with Crippen molar-refractivity contribution < 1.29 is 9.18 Å². The molecule has 0 unspecified atom stereocenters. The first-order valence-electron chi connectivity index (χ1n) is 4.50. The lowest BCUT2D eigenvalue weighted by molar-refractivity contribution is -0.116. The van der Waals surface area contributed by atoms with E-state index >= 15 is 0 Å². The highest BCUT2D eigenvalue weighted by atomic mass is 19.1. The lowest BCUT2D eigenvalue weighted by atomic mass is 10.4. The molecule has 2 aromatic rings. The average molecular weight is 221 g/mol. The Kier molecular flexibility index (Phi) is 2.86. The average Bonchev–Trinajstić information content (AvgIpc) is 2.70. The number of nitrogens with zero attached hydrogens (tertiary/aromatic N) is 4. The van der Waals surface area contributed by atoms with Gasteiger partial charge in [0.25, 0.3) is 0 Å². The Hall–Kier alpha value is -2.31. The number of carbonyl (C=O) groups is 1. The molecule has 7 heteroatoms. The maximum Gasteiger partial charge on any atom is 0.247 e. The first-order chi connectivity index (χ1) is 7.74. The second-order valence-corrected chi connectivity index (χ2v) is 2.99. The zero-order valence-electron chi connectivity index (χ0n) is 8.17. The van der Waals surface area contributed by atoms with Crippen LogP contribution in [0.3, 0.4) is 0 Å². The molecule has 0 aliphatic heterocycles. The van der Waals surface area contributed by atoms with Crippen LogP contribution < -0.4 is 5.32 Å². The van der Waals surface area contributed by atoms with Crippen molar-refractivity contribution in [1.29, 1.82) is 0 Å². The minimum absolute atomic E-state index is 0.0121. The van der Waals surface area contributed by atoms with Crippen molar-refractivity contribution in [2.45, 2.75) is 6.54 Å². The van der Waals surface area contributed by atoms with Gasteiger partial charge in [-0.25, -0.2) is 9.67 Å². The minimum Gasteiger partial charge on any atom is -0.309 e. The fourth-order valence-corrected chi connectivity index (χ4v) is 1.12. The van der Waals surface area contributed by atoms with Crippen LogP contribution in [0.2, 0.25) is 0 Å². The standard InChI is InChI=1S/C9H8FN5O/c10-7-2-1-3-8(12-7)13-9(16)6-15-5-4-11-14-15/h1-5H,6H2,(H,12,13,16). The molecule has 16 heavy (non-hydrogen) atoms. The van der Waals surface area contributed by atoms with Gasteiger partial charge in [-0.2, -0.15) is 4.39 Å². The highest BCUT2D eigenvalue weighted by Gasteiger charge is 2.05. The summed E-state index contributed by atoms with van der Waals surface area (Å²) in [7, 11) is 0. The quantitative estimate of drug-likeness (QED) is 0.764. The molecular weight excluding hydrogens is 213 g/mol. The van der Waals surface area contributed by atoms with Crippen molar-refractivity contribution in [3.8, 4) is 0 Å². The van der Waals surface area contributed by atoms with Crippen LogP contribution in [0.4, 0.5) is 10.2 Å². The minimum atomic E-state index is -0.640. The molecule has 82 valence electrons. The number of hydrogen-bond donors (Lipinski definition) is 1. The van der Waals surface area contributed by atoms with E-state index in [1.165, 1.54) is 29.1 Å². The van der Waals surface area contributed by atoms with E-state index in [0.29, 0.717) is 0 Å². The van der Waals surface area contributed by atoms with Crippen LogP contribution in [0.15, 0.2) is 30.6 Å². The van der Waals surface area contributed by atoms with Crippen molar-refractivity contribution in [3.63, 3.8) is 0 Å². The number of aromatic nitrogens is 4. The number of anilines is 1. The number of halogens is 1. The Morgan fingerprint density at radius 2 is 2.38 bits per heavy atom. The Morgan fingerprint density at radius 3 is 3.06 bits per heavy atom. The Bertz CT molecular complexity index is 484. The van der Waals surface area contributed by atoms with Crippen LogP contribution in [-0.2, 0) is 11.3 Å². The normalized spacial score (nSPS) is 10.1. The first-order valence-corrected chi connectivity index (χ1v) is 4.50. The van der Waals surface area contributed by atoms with Crippen LogP contribution in [-0.4, -0.2) is 25.9 Å². The van der Waals surface area contributed by atoms with Crippen molar-refractivity contribution >= 4 is 11.7 Å². The molecular formula is C9H8FN5O. The third-order valence-corrected chi connectivity index (χ3v) is 1.76. The summed E-state index contributed by atoms with van der Waals surface area (Å²) < 4.78 is 14.1. The van der Waals surface area contributed by atoms with Crippen molar-refractivity contribution in [1.82, 2.24) is 20.0 Å². The maximum absolute atomic E-state index is 12.7. The fraction of sp³-hybridized carbons (Fsp3) is 0.111. The van der Waals surface area contributed by atoms with E-state index in [9.17, 15) is 9.18 Å².